The van der Waals surface area contributed by atoms with Gasteiger partial charge in [0.15, 0.2) is 0 Å². The monoisotopic (exact) mass is 423 g/mol. The van der Waals surface area contributed by atoms with Crippen LogP contribution in [0, 0.1) is 0 Å². The van der Waals surface area contributed by atoms with Gasteiger partial charge in [0.05, 0.1) is 24.8 Å². The van der Waals surface area contributed by atoms with Gasteiger partial charge in [-0.3, -0.25) is 4.79 Å². The third kappa shape index (κ3) is 7.02. The van der Waals surface area contributed by atoms with E-state index < -0.39 is 0 Å². The highest BCUT2D eigenvalue weighted by atomic mass is 16.5. The molecule has 6 heteroatoms. The summed E-state index contributed by atoms with van der Waals surface area (Å²) in [5.74, 6) is 2.84. The van der Waals surface area contributed by atoms with Gasteiger partial charge in [-0.2, -0.15) is 0 Å². The van der Waals surface area contributed by atoms with Crippen LogP contribution in [-0.4, -0.2) is 35.7 Å². The quantitative estimate of drug-likeness (QED) is 0.403. The smallest absolute Gasteiger partial charge is 0.216 e. The molecule has 0 bridgehead atoms. The number of ether oxygens (including phenoxy) is 2. The Hall–Kier alpha value is -3.02. The minimum atomic E-state index is 0.0390. The van der Waals surface area contributed by atoms with Gasteiger partial charge in [0.2, 0.25) is 5.91 Å². The van der Waals surface area contributed by atoms with Gasteiger partial charge in [-0.1, -0.05) is 24.6 Å². The average molecular weight is 424 g/mol. The van der Waals surface area contributed by atoms with Crippen molar-refractivity contribution in [1.29, 1.82) is 0 Å². The maximum atomic E-state index is 11.0. The summed E-state index contributed by atoms with van der Waals surface area (Å²) in [5, 5.41) is 2.86. The Labute approximate surface area is 184 Å². The molecule has 0 atom stereocenters. The largest absolute Gasteiger partial charge is 0.497 e. The summed E-state index contributed by atoms with van der Waals surface area (Å²) < 4.78 is 13.5. The standard InChI is InChI=1S/C25H33N3O3/c1-20(29)26-16-7-3-4-15-25-27-23-13-5-6-14-24(23)28(25)17-8-9-18-31-22-12-10-11-21(19-22)30-2/h5-6,10-14,19H,3-4,7-9,15-18H2,1-2H3,(H,26,29). The van der Waals surface area contributed by atoms with E-state index in [4.69, 9.17) is 14.5 Å². The van der Waals surface area contributed by atoms with Crippen LogP contribution in [0.15, 0.2) is 48.5 Å². The summed E-state index contributed by atoms with van der Waals surface area (Å²) >= 11 is 0. The van der Waals surface area contributed by atoms with Crippen molar-refractivity contribution in [3.8, 4) is 11.5 Å². The molecule has 0 unspecified atom stereocenters. The lowest BCUT2D eigenvalue weighted by Gasteiger charge is -2.11. The Morgan fingerprint density at radius 3 is 2.68 bits per heavy atom. The lowest BCUT2D eigenvalue weighted by atomic mass is 10.2. The van der Waals surface area contributed by atoms with Gasteiger partial charge in [0.1, 0.15) is 17.3 Å². The highest BCUT2D eigenvalue weighted by Gasteiger charge is 2.10. The van der Waals surface area contributed by atoms with E-state index in [0.29, 0.717) is 6.61 Å². The predicted molar refractivity (Wildman–Crippen MR) is 124 cm³/mol. The summed E-state index contributed by atoms with van der Waals surface area (Å²) in [6, 6.07) is 16.1. The first kappa shape index (κ1) is 22.7. The maximum absolute atomic E-state index is 11.0. The molecule has 1 amide bonds. The molecule has 0 saturated carbocycles. The first-order valence-corrected chi connectivity index (χ1v) is 11.1. The van der Waals surface area contributed by atoms with Crippen molar-refractivity contribution in [2.45, 2.75) is 52.0 Å². The van der Waals surface area contributed by atoms with E-state index >= 15 is 0 Å². The van der Waals surface area contributed by atoms with Crippen LogP contribution < -0.4 is 14.8 Å². The molecule has 3 rings (SSSR count). The van der Waals surface area contributed by atoms with Gasteiger partial charge in [0, 0.05) is 32.5 Å². The van der Waals surface area contributed by atoms with Crippen molar-refractivity contribution >= 4 is 16.9 Å². The molecule has 0 aliphatic rings. The zero-order valence-electron chi connectivity index (χ0n) is 18.6. The minimum Gasteiger partial charge on any atom is -0.497 e. The second-order valence-electron chi connectivity index (χ2n) is 7.70. The van der Waals surface area contributed by atoms with Crippen molar-refractivity contribution in [1.82, 2.24) is 14.9 Å². The number of aryl methyl sites for hydroxylation is 2. The van der Waals surface area contributed by atoms with Gasteiger partial charge >= 0.3 is 0 Å². The third-order valence-corrected chi connectivity index (χ3v) is 5.27. The predicted octanol–water partition coefficient (Wildman–Crippen LogP) is 4.75. The van der Waals surface area contributed by atoms with Crippen molar-refractivity contribution < 1.29 is 14.3 Å². The average Bonchev–Trinajstić information content (AvgIpc) is 3.13. The molecule has 0 fully saturated rings. The Morgan fingerprint density at radius 2 is 1.84 bits per heavy atom. The molecule has 0 radical (unpaired) electrons. The van der Waals surface area contributed by atoms with E-state index in [1.165, 1.54) is 5.52 Å². The van der Waals surface area contributed by atoms with Crippen LogP contribution in [0.25, 0.3) is 11.0 Å². The van der Waals surface area contributed by atoms with Crippen molar-refractivity contribution in [2.75, 3.05) is 20.3 Å². The lowest BCUT2D eigenvalue weighted by molar-refractivity contribution is -0.118. The number of aromatic nitrogens is 2. The number of para-hydroxylation sites is 2. The van der Waals surface area contributed by atoms with Crippen LogP contribution >= 0.6 is 0 Å². The Bertz CT molecular complexity index is 968. The molecule has 2 aromatic carbocycles. The van der Waals surface area contributed by atoms with Crippen LogP contribution in [0.5, 0.6) is 11.5 Å². The number of hydrogen-bond donors (Lipinski definition) is 1. The second kappa shape index (κ2) is 12.0. The number of hydrogen-bond acceptors (Lipinski definition) is 4. The van der Waals surface area contributed by atoms with Gasteiger partial charge in [-0.15, -0.1) is 0 Å². The van der Waals surface area contributed by atoms with Gasteiger partial charge in [0.25, 0.3) is 0 Å². The molecule has 3 aromatic rings. The maximum Gasteiger partial charge on any atom is 0.216 e. The zero-order valence-corrected chi connectivity index (χ0v) is 18.6. The SMILES string of the molecule is COc1cccc(OCCCCn2c(CCCCCNC(C)=O)nc3ccccc32)c1. The molecular formula is C25H33N3O3. The molecule has 166 valence electrons. The van der Waals surface area contributed by atoms with Gasteiger partial charge in [-0.05, 0) is 49.9 Å². The number of nitrogens with zero attached hydrogens (tertiary/aromatic N) is 2. The number of unbranched alkanes of at least 4 members (excludes halogenated alkanes) is 3. The van der Waals surface area contributed by atoms with E-state index in [-0.39, 0.29) is 5.91 Å². The number of carbonyl (C=O) groups excluding carboxylic acids is 1. The summed E-state index contributed by atoms with van der Waals surface area (Å²) in [5.41, 5.74) is 2.26. The number of fused-ring (bicyclic) bond motifs is 1. The number of methoxy groups -OCH3 is 1. The molecule has 1 heterocycles. The van der Waals surface area contributed by atoms with Crippen LogP contribution in [0.2, 0.25) is 0 Å². The van der Waals surface area contributed by atoms with E-state index in [1.54, 1.807) is 14.0 Å². The number of imidazole rings is 1. The van der Waals surface area contributed by atoms with Crippen molar-refractivity contribution in [2.24, 2.45) is 0 Å². The molecule has 0 aliphatic heterocycles. The number of rotatable bonds is 13. The van der Waals surface area contributed by atoms with Crippen LogP contribution in [0.3, 0.4) is 0 Å². The first-order valence-electron chi connectivity index (χ1n) is 11.1. The third-order valence-electron chi connectivity index (χ3n) is 5.27. The lowest BCUT2D eigenvalue weighted by Crippen LogP contribution is -2.20. The molecular weight excluding hydrogens is 390 g/mol. The van der Waals surface area contributed by atoms with Crippen molar-refractivity contribution in [3.05, 3.63) is 54.4 Å². The molecule has 1 N–H and O–H groups in total. The molecule has 0 saturated heterocycles. The fraction of sp³-hybridized carbons (Fsp3) is 0.440. The fourth-order valence-corrected chi connectivity index (χ4v) is 3.67. The molecule has 31 heavy (non-hydrogen) atoms. The minimum absolute atomic E-state index is 0.0390. The summed E-state index contributed by atoms with van der Waals surface area (Å²) in [4.78, 5) is 15.8. The Kier molecular flexibility index (Phi) is 8.76. The number of nitrogens with one attached hydrogen (secondary N) is 1. The Morgan fingerprint density at radius 1 is 1.00 bits per heavy atom. The summed E-state index contributed by atoms with van der Waals surface area (Å²) in [6.45, 7) is 3.92. The normalized spacial score (nSPS) is 10.9. The van der Waals surface area contributed by atoms with Crippen molar-refractivity contribution in [3.63, 3.8) is 0 Å². The number of benzene rings is 2. The second-order valence-corrected chi connectivity index (χ2v) is 7.70. The zero-order chi connectivity index (χ0) is 21.9. The molecule has 0 spiro atoms. The highest BCUT2D eigenvalue weighted by Crippen LogP contribution is 2.20. The molecule has 0 aliphatic carbocycles. The van der Waals surface area contributed by atoms with E-state index in [1.807, 2.05) is 30.3 Å². The van der Waals surface area contributed by atoms with E-state index in [2.05, 4.69) is 28.1 Å². The first-order chi connectivity index (χ1) is 15.2. The molecule has 1 aromatic heterocycles. The Balaban J connectivity index is 1.49. The van der Waals surface area contributed by atoms with E-state index in [9.17, 15) is 4.79 Å². The molecule has 6 nitrogen and oxygen atoms in total. The number of amides is 1. The summed E-state index contributed by atoms with van der Waals surface area (Å²) in [7, 11) is 1.66. The van der Waals surface area contributed by atoms with Crippen LogP contribution in [-0.2, 0) is 17.8 Å². The van der Waals surface area contributed by atoms with Gasteiger partial charge in [-0.25, -0.2) is 4.98 Å². The highest BCUT2D eigenvalue weighted by molar-refractivity contribution is 5.75. The summed E-state index contributed by atoms with van der Waals surface area (Å²) in [6.07, 6.45) is 6.11. The fourth-order valence-electron chi connectivity index (χ4n) is 3.67. The van der Waals surface area contributed by atoms with Gasteiger partial charge < -0.3 is 19.4 Å². The van der Waals surface area contributed by atoms with E-state index in [0.717, 1.165) is 74.5 Å². The topological polar surface area (TPSA) is 65.4 Å². The van der Waals surface area contributed by atoms with Crippen LogP contribution in [0.1, 0.15) is 44.9 Å². The number of carbonyl (C=O) groups is 1. The van der Waals surface area contributed by atoms with Crippen LogP contribution in [0.4, 0.5) is 0 Å².